The smallest absolute Gasteiger partial charge is 0.335 e. The van der Waals surface area contributed by atoms with Crippen LogP contribution in [0.1, 0.15) is 5.56 Å². The maximum Gasteiger partial charge on any atom is 0.335 e. The van der Waals surface area contributed by atoms with E-state index in [1.165, 1.54) is 0 Å². The van der Waals surface area contributed by atoms with E-state index >= 15 is 0 Å². The summed E-state index contributed by atoms with van der Waals surface area (Å²) in [5, 5.41) is 0. The molecule has 0 aromatic heterocycles. The van der Waals surface area contributed by atoms with Gasteiger partial charge in [-0.25, -0.2) is 4.79 Å². The number of esters is 1. The van der Waals surface area contributed by atoms with Crippen LogP contribution in [0.3, 0.4) is 0 Å². The van der Waals surface area contributed by atoms with Crippen LogP contribution in [-0.2, 0) is 9.53 Å². The zero-order valence-corrected chi connectivity index (χ0v) is 10.7. The fraction of sp³-hybridized carbons (Fsp3) is 0.357. The Morgan fingerprint density at radius 3 is 3.06 bits per heavy atom. The van der Waals surface area contributed by atoms with Gasteiger partial charge in [0.05, 0.1) is 12.7 Å². The van der Waals surface area contributed by atoms with Gasteiger partial charge in [-0.3, -0.25) is 4.90 Å². The molecule has 1 aliphatic rings. The maximum absolute atomic E-state index is 11.8. The van der Waals surface area contributed by atoms with Crippen molar-refractivity contribution in [3.05, 3.63) is 35.4 Å². The molecule has 0 saturated carbocycles. The van der Waals surface area contributed by atoms with Crippen molar-refractivity contribution in [1.82, 2.24) is 4.90 Å². The second-order valence-corrected chi connectivity index (χ2v) is 4.32. The van der Waals surface area contributed by atoms with Crippen molar-refractivity contribution in [2.24, 2.45) is 0 Å². The van der Waals surface area contributed by atoms with Gasteiger partial charge in [-0.1, -0.05) is 12.1 Å². The molecule has 1 fully saturated rings. The lowest BCUT2D eigenvalue weighted by molar-refractivity contribution is -0.138. The minimum Gasteiger partial charge on any atom is -0.497 e. The van der Waals surface area contributed by atoms with Crippen LogP contribution < -0.4 is 4.74 Å². The molecule has 1 aromatic carbocycles. The van der Waals surface area contributed by atoms with E-state index < -0.39 is 0 Å². The summed E-state index contributed by atoms with van der Waals surface area (Å²) < 4.78 is 10.3. The molecule has 96 valence electrons. The Bertz CT molecular complexity index is 468. The number of carbonyl (C=O) groups is 1. The highest BCUT2D eigenvalue weighted by molar-refractivity contribution is 5.94. The van der Waals surface area contributed by atoms with Gasteiger partial charge in [0.15, 0.2) is 0 Å². The number of hydrogen-bond acceptors (Lipinski definition) is 4. The van der Waals surface area contributed by atoms with Crippen LogP contribution >= 0.6 is 0 Å². The standard InChI is InChI=1S/C14H17NO3/c1-15-6-7-18-14(16)12(10-15)8-11-4-3-5-13(9-11)17-2/h3-5,8-9H,6-7,10H2,1-2H3/b12-8+. The van der Waals surface area contributed by atoms with Crippen LogP contribution in [0.5, 0.6) is 5.75 Å². The molecule has 1 heterocycles. The number of likely N-dealkylation sites (N-methyl/N-ethyl adjacent to an activating group) is 1. The molecule has 1 aliphatic heterocycles. The quantitative estimate of drug-likeness (QED) is 0.587. The van der Waals surface area contributed by atoms with Gasteiger partial charge in [-0.2, -0.15) is 0 Å². The van der Waals surface area contributed by atoms with E-state index in [1.807, 2.05) is 37.4 Å². The second-order valence-electron chi connectivity index (χ2n) is 4.32. The normalized spacial score (nSPS) is 19.4. The number of ether oxygens (including phenoxy) is 2. The van der Waals surface area contributed by atoms with Crippen molar-refractivity contribution in [3.63, 3.8) is 0 Å². The van der Waals surface area contributed by atoms with Crippen molar-refractivity contribution in [2.45, 2.75) is 0 Å². The molecule has 0 unspecified atom stereocenters. The molecule has 0 amide bonds. The first kappa shape index (κ1) is 12.6. The zero-order valence-electron chi connectivity index (χ0n) is 10.7. The lowest BCUT2D eigenvalue weighted by Crippen LogP contribution is -2.22. The summed E-state index contributed by atoms with van der Waals surface area (Å²) in [6, 6.07) is 7.61. The van der Waals surface area contributed by atoms with E-state index in [1.54, 1.807) is 7.11 Å². The zero-order chi connectivity index (χ0) is 13.0. The van der Waals surface area contributed by atoms with Crippen LogP contribution in [-0.4, -0.2) is 44.7 Å². The molecular formula is C14H17NO3. The van der Waals surface area contributed by atoms with Gasteiger partial charge in [-0.05, 0) is 30.8 Å². The summed E-state index contributed by atoms with van der Waals surface area (Å²) in [6.45, 7) is 1.82. The summed E-state index contributed by atoms with van der Waals surface area (Å²) in [5.74, 6) is 0.543. The minimum absolute atomic E-state index is 0.234. The molecule has 0 atom stereocenters. The van der Waals surface area contributed by atoms with E-state index in [0.717, 1.165) is 17.9 Å². The van der Waals surface area contributed by atoms with Gasteiger partial charge in [0.1, 0.15) is 12.4 Å². The van der Waals surface area contributed by atoms with Crippen LogP contribution in [0, 0.1) is 0 Å². The van der Waals surface area contributed by atoms with Crippen LogP contribution in [0.4, 0.5) is 0 Å². The maximum atomic E-state index is 11.8. The highest BCUT2D eigenvalue weighted by atomic mass is 16.5. The molecule has 1 aromatic rings. The van der Waals surface area contributed by atoms with Crippen LogP contribution in [0.2, 0.25) is 0 Å². The molecule has 0 aliphatic carbocycles. The molecule has 1 saturated heterocycles. The number of carbonyl (C=O) groups excluding carboxylic acids is 1. The van der Waals surface area contributed by atoms with Gasteiger partial charge in [0, 0.05) is 13.1 Å². The number of nitrogens with zero attached hydrogens (tertiary/aromatic N) is 1. The summed E-state index contributed by atoms with van der Waals surface area (Å²) >= 11 is 0. The van der Waals surface area contributed by atoms with Gasteiger partial charge in [-0.15, -0.1) is 0 Å². The number of benzene rings is 1. The van der Waals surface area contributed by atoms with E-state index in [0.29, 0.717) is 18.7 Å². The Morgan fingerprint density at radius 2 is 2.28 bits per heavy atom. The van der Waals surface area contributed by atoms with Crippen LogP contribution in [0.25, 0.3) is 6.08 Å². The molecule has 0 spiro atoms. The van der Waals surface area contributed by atoms with Gasteiger partial charge < -0.3 is 9.47 Å². The number of methoxy groups -OCH3 is 1. The van der Waals surface area contributed by atoms with Crippen molar-refractivity contribution in [1.29, 1.82) is 0 Å². The predicted molar refractivity (Wildman–Crippen MR) is 69.4 cm³/mol. The Balaban J connectivity index is 2.26. The molecule has 18 heavy (non-hydrogen) atoms. The summed E-state index contributed by atoms with van der Waals surface area (Å²) in [6.07, 6.45) is 1.85. The molecule has 4 nitrogen and oxygen atoms in total. The Kier molecular flexibility index (Phi) is 3.99. The van der Waals surface area contributed by atoms with Crippen molar-refractivity contribution in [2.75, 3.05) is 33.9 Å². The second kappa shape index (κ2) is 5.69. The molecular weight excluding hydrogens is 230 g/mol. The number of cyclic esters (lactones) is 1. The number of hydrogen-bond donors (Lipinski definition) is 0. The minimum atomic E-state index is -0.234. The molecule has 0 radical (unpaired) electrons. The highest BCUT2D eigenvalue weighted by Crippen LogP contribution is 2.17. The third-order valence-corrected chi connectivity index (χ3v) is 2.84. The average molecular weight is 247 g/mol. The Hall–Kier alpha value is -1.81. The third-order valence-electron chi connectivity index (χ3n) is 2.84. The lowest BCUT2D eigenvalue weighted by atomic mass is 10.1. The first-order valence-electron chi connectivity index (χ1n) is 5.89. The molecule has 4 heteroatoms. The van der Waals surface area contributed by atoms with E-state index in [9.17, 15) is 4.79 Å². The molecule has 2 rings (SSSR count). The Labute approximate surface area is 107 Å². The van der Waals surface area contributed by atoms with Crippen molar-refractivity contribution in [3.8, 4) is 5.75 Å². The molecule has 0 N–H and O–H groups in total. The van der Waals surface area contributed by atoms with E-state index in [2.05, 4.69) is 4.90 Å². The van der Waals surface area contributed by atoms with Crippen molar-refractivity contribution >= 4 is 12.0 Å². The summed E-state index contributed by atoms with van der Waals surface area (Å²) in [4.78, 5) is 13.8. The van der Waals surface area contributed by atoms with E-state index in [-0.39, 0.29) is 5.97 Å². The monoisotopic (exact) mass is 247 g/mol. The fourth-order valence-electron chi connectivity index (χ4n) is 1.86. The number of rotatable bonds is 2. The summed E-state index contributed by atoms with van der Waals surface area (Å²) in [5.41, 5.74) is 1.61. The van der Waals surface area contributed by atoms with E-state index in [4.69, 9.17) is 9.47 Å². The summed E-state index contributed by atoms with van der Waals surface area (Å²) in [7, 11) is 3.60. The van der Waals surface area contributed by atoms with Gasteiger partial charge in [0.2, 0.25) is 0 Å². The fourth-order valence-corrected chi connectivity index (χ4v) is 1.86. The lowest BCUT2D eigenvalue weighted by Gasteiger charge is -2.11. The third kappa shape index (κ3) is 3.11. The van der Waals surface area contributed by atoms with Gasteiger partial charge in [0.25, 0.3) is 0 Å². The molecule has 0 bridgehead atoms. The Morgan fingerprint density at radius 1 is 1.44 bits per heavy atom. The SMILES string of the molecule is COc1cccc(/C=C2\CN(C)CCOC2=O)c1. The van der Waals surface area contributed by atoms with Crippen molar-refractivity contribution < 1.29 is 14.3 Å². The average Bonchev–Trinajstić information content (AvgIpc) is 2.52. The largest absolute Gasteiger partial charge is 0.497 e. The van der Waals surface area contributed by atoms with Crippen LogP contribution in [0.15, 0.2) is 29.8 Å². The first-order valence-corrected chi connectivity index (χ1v) is 5.89. The topological polar surface area (TPSA) is 38.8 Å². The predicted octanol–water partition coefficient (Wildman–Crippen LogP) is 1.57. The first-order chi connectivity index (χ1) is 8.69. The van der Waals surface area contributed by atoms with Gasteiger partial charge >= 0.3 is 5.97 Å². The highest BCUT2D eigenvalue weighted by Gasteiger charge is 2.17.